The molecule has 1 aliphatic heterocycles. The smallest absolute Gasteiger partial charge is 0.411 e. The van der Waals surface area contributed by atoms with Gasteiger partial charge >= 0.3 is 6.09 Å². The van der Waals surface area contributed by atoms with Crippen molar-refractivity contribution >= 4 is 6.09 Å². The maximum atomic E-state index is 13.3. The van der Waals surface area contributed by atoms with Gasteiger partial charge in [0.05, 0.1) is 20.3 Å². The van der Waals surface area contributed by atoms with Crippen LogP contribution in [-0.2, 0) is 16.7 Å². The monoisotopic (exact) mass is 414 g/mol. The third-order valence-electron chi connectivity index (χ3n) is 6.93. The fourth-order valence-electron chi connectivity index (χ4n) is 5.02. The van der Waals surface area contributed by atoms with Crippen molar-refractivity contribution in [2.45, 2.75) is 65.0 Å². The molecule has 6 heteroatoms. The highest BCUT2D eigenvalue weighted by Crippen LogP contribution is 2.42. The van der Waals surface area contributed by atoms with Gasteiger partial charge < -0.3 is 14.2 Å². The quantitative estimate of drug-likeness (QED) is 0.701. The second kappa shape index (κ2) is 8.75. The molecule has 1 amide bonds. The molecule has 1 aromatic rings. The zero-order valence-corrected chi connectivity index (χ0v) is 19.0. The average Bonchev–Trinajstić information content (AvgIpc) is 2.72. The number of methoxy groups -OCH3 is 2. The van der Waals surface area contributed by atoms with Crippen LogP contribution in [0.1, 0.15) is 58.1 Å². The van der Waals surface area contributed by atoms with Crippen molar-refractivity contribution in [3.05, 3.63) is 23.3 Å². The molecule has 3 rings (SSSR count). The van der Waals surface area contributed by atoms with E-state index in [1.807, 2.05) is 12.1 Å². The minimum atomic E-state index is -1.13. The lowest BCUT2D eigenvalue weighted by molar-refractivity contribution is -0.0214. The Kier molecular flexibility index (Phi) is 6.50. The SMILES string of the molecule is COc1cc2c(cc1OC)C(C)(C#N)N(C(=O)O[C@H]1C[C@@H](C)CC[C@@H]1C(C)C)CC2. The molecule has 164 valence electrons. The van der Waals surface area contributed by atoms with Crippen LogP contribution in [0.3, 0.4) is 0 Å². The minimum absolute atomic E-state index is 0.101. The Morgan fingerprint density at radius 3 is 2.50 bits per heavy atom. The van der Waals surface area contributed by atoms with Gasteiger partial charge in [-0.25, -0.2) is 4.79 Å². The maximum absolute atomic E-state index is 13.3. The number of rotatable bonds is 4. The largest absolute Gasteiger partial charge is 0.493 e. The van der Waals surface area contributed by atoms with E-state index >= 15 is 0 Å². The van der Waals surface area contributed by atoms with E-state index < -0.39 is 11.6 Å². The second-order valence-electron chi connectivity index (χ2n) is 9.20. The molecule has 0 spiro atoms. The number of carbonyl (C=O) groups excluding carboxylic acids is 1. The fourth-order valence-corrected chi connectivity index (χ4v) is 5.02. The molecule has 0 aromatic heterocycles. The number of nitrogens with zero attached hydrogens (tertiary/aromatic N) is 2. The molecule has 1 fully saturated rings. The summed E-state index contributed by atoms with van der Waals surface area (Å²) < 4.78 is 16.9. The van der Waals surface area contributed by atoms with Gasteiger partial charge in [-0.15, -0.1) is 0 Å². The van der Waals surface area contributed by atoms with Crippen LogP contribution in [0.4, 0.5) is 4.79 Å². The van der Waals surface area contributed by atoms with Crippen molar-refractivity contribution in [2.75, 3.05) is 20.8 Å². The van der Waals surface area contributed by atoms with Crippen LogP contribution in [0.25, 0.3) is 0 Å². The molecule has 1 aromatic carbocycles. The summed E-state index contributed by atoms with van der Waals surface area (Å²) in [7, 11) is 3.16. The van der Waals surface area contributed by atoms with Gasteiger partial charge in [-0.3, -0.25) is 4.90 Å². The van der Waals surface area contributed by atoms with Crippen LogP contribution < -0.4 is 9.47 Å². The summed E-state index contributed by atoms with van der Waals surface area (Å²) in [5, 5.41) is 10.1. The van der Waals surface area contributed by atoms with E-state index in [2.05, 4.69) is 26.8 Å². The molecule has 0 bridgehead atoms. The summed E-state index contributed by atoms with van der Waals surface area (Å²) in [5.41, 5.74) is 0.632. The number of nitriles is 1. The number of amides is 1. The molecule has 6 nitrogen and oxygen atoms in total. The number of fused-ring (bicyclic) bond motifs is 1. The lowest BCUT2D eigenvalue weighted by Gasteiger charge is -2.43. The summed E-state index contributed by atoms with van der Waals surface area (Å²) in [5.74, 6) is 2.53. The molecule has 0 radical (unpaired) electrons. The highest BCUT2D eigenvalue weighted by molar-refractivity contribution is 5.71. The number of hydrogen-bond donors (Lipinski definition) is 0. The van der Waals surface area contributed by atoms with Crippen LogP contribution >= 0.6 is 0 Å². The van der Waals surface area contributed by atoms with Crippen LogP contribution in [0.5, 0.6) is 11.5 Å². The van der Waals surface area contributed by atoms with Crippen LogP contribution in [0.2, 0.25) is 0 Å². The molecular weight excluding hydrogens is 380 g/mol. The highest BCUT2D eigenvalue weighted by atomic mass is 16.6. The molecule has 0 N–H and O–H groups in total. The van der Waals surface area contributed by atoms with Gasteiger partial charge in [0.1, 0.15) is 6.10 Å². The van der Waals surface area contributed by atoms with Crippen LogP contribution in [0.15, 0.2) is 12.1 Å². The molecular formula is C24H34N2O4. The topological polar surface area (TPSA) is 71.8 Å². The predicted molar refractivity (Wildman–Crippen MR) is 115 cm³/mol. The van der Waals surface area contributed by atoms with Crippen molar-refractivity contribution < 1.29 is 19.0 Å². The van der Waals surface area contributed by atoms with Gasteiger partial charge in [0, 0.05) is 6.54 Å². The van der Waals surface area contributed by atoms with Crippen LogP contribution in [-0.4, -0.2) is 37.9 Å². The molecule has 1 heterocycles. The highest BCUT2D eigenvalue weighted by Gasteiger charge is 2.45. The summed E-state index contributed by atoms with van der Waals surface area (Å²) in [6.07, 6.45) is 3.27. The zero-order valence-electron chi connectivity index (χ0n) is 19.0. The lowest BCUT2D eigenvalue weighted by Crippen LogP contribution is -2.52. The molecule has 0 saturated heterocycles. The molecule has 2 aliphatic rings. The summed E-state index contributed by atoms with van der Waals surface area (Å²) >= 11 is 0. The molecule has 1 saturated carbocycles. The first-order chi connectivity index (χ1) is 14.2. The molecule has 1 unspecified atom stereocenters. The van der Waals surface area contributed by atoms with Crippen molar-refractivity contribution in [1.29, 1.82) is 5.26 Å². The summed E-state index contributed by atoms with van der Waals surface area (Å²) in [6.45, 7) is 8.81. The Bertz CT molecular complexity index is 831. The van der Waals surface area contributed by atoms with Crippen molar-refractivity contribution in [3.8, 4) is 17.6 Å². The third-order valence-corrected chi connectivity index (χ3v) is 6.93. The Morgan fingerprint density at radius 2 is 1.90 bits per heavy atom. The van der Waals surface area contributed by atoms with Gasteiger partial charge in [0.15, 0.2) is 17.0 Å². The molecule has 1 aliphatic carbocycles. The van der Waals surface area contributed by atoms with E-state index in [1.165, 1.54) is 6.42 Å². The molecule has 4 atom stereocenters. The number of carbonyl (C=O) groups is 1. The van der Waals surface area contributed by atoms with E-state index in [9.17, 15) is 10.1 Å². The second-order valence-corrected chi connectivity index (χ2v) is 9.20. The summed E-state index contributed by atoms with van der Waals surface area (Å²) in [4.78, 5) is 14.9. The van der Waals surface area contributed by atoms with E-state index in [-0.39, 0.29) is 6.10 Å². The van der Waals surface area contributed by atoms with Crippen molar-refractivity contribution in [3.63, 3.8) is 0 Å². The predicted octanol–water partition coefficient (Wildman–Crippen LogP) is 4.90. The Morgan fingerprint density at radius 1 is 1.23 bits per heavy atom. The van der Waals surface area contributed by atoms with E-state index in [4.69, 9.17) is 14.2 Å². The Labute approximate surface area is 180 Å². The number of ether oxygens (including phenoxy) is 3. The first-order valence-electron chi connectivity index (χ1n) is 10.9. The maximum Gasteiger partial charge on any atom is 0.411 e. The van der Waals surface area contributed by atoms with Crippen molar-refractivity contribution in [1.82, 2.24) is 4.90 Å². The third kappa shape index (κ3) is 3.95. The Balaban J connectivity index is 1.89. The van der Waals surface area contributed by atoms with Gasteiger partial charge in [-0.2, -0.15) is 5.26 Å². The van der Waals surface area contributed by atoms with Crippen molar-refractivity contribution in [2.24, 2.45) is 17.8 Å². The Hall–Kier alpha value is -2.42. The van der Waals surface area contributed by atoms with Gasteiger partial charge in [0.25, 0.3) is 0 Å². The number of hydrogen-bond acceptors (Lipinski definition) is 5. The van der Waals surface area contributed by atoms with E-state index in [0.717, 1.165) is 24.0 Å². The normalized spacial score (nSPS) is 28.5. The zero-order chi connectivity index (χ0) is 22.1. The minimum Gasteiger partial charge on any atom is -0.493 e. The van der Waals surface area contributed by atoms with Gasteiger partial charge in [0.2, 0.25) is 0 Å². The fraction of sp³-hybridized carbons (Fsp3) is 0.667. The molecule has 30 heavy (non-hydrogen) atoms. The first-order valence-corrected chi connectivity index (χ1v) is 10.9. The van der Waals surface area contributed by atoms with Crippen LogP contribution in [0, 0.1) is 29.1 Å². The number of benzene rings is 1. The van der Waals surface area contributed by atoms with E-state index in [0.29, 0.717) is 42.2 Å². The lowest BCUT2D eigenvalue weighted by atomic mass is 9.75. The van der Waals surface area contributed by atoms with Gasteiger partial charge in [-0.1, -0.05) is 27.2 Å². The van der Waals surface area contributed by atoms with E-state index in [1.54, 1.807) is 26.0 Å². The van der Waals surface area contributed by atoms with Gasteiger partial charge in [-0.05, 0) is 67.2 Å². The average molecular weight is 415 g/mol. The summed E-state index contributed by atoms with van der Waals surface area (Å²) in [6, 6.07) is 6.09. The first kappa shape index (κ1) is 22.3. The standard InChI is InChI=1S/C24H34N2O4/c1-15(2)18-8-7-16(3)11-20(18)30-23(27)26-10-9-17-12-21(28-5)22(29-6)13-19(17)24(26,4)14-25/h12-13,15-16,18,20H,7-11H2,1-6H3/t16-,18+,20-,24?/m0/s1.